The van der Waals surface area contributed by atoms with Gasteiger partial charge in [-0.15, -0.1) is 0 Å². The van der Waals surface area contributed by atoms with Gasteiger partial charge in [0.25, 0.3) is 0 Å². The SMILES string of the molecule is COc1cc(C)c2c(c1)C1CCN(C)CC1CN2. The van der Waals surface area contributed by atoms with Crippen LogP contribution in [0.2, 0.25) is 0 Å². The van der Waals surface area contributed by atoms with Crippen molar-refractivity contribution < 1.29 is 4.74 Å². The Bertz CT molecular complexity index is 458. The van der Waals surface area contributed by atoms with Crippen LogP contribution in [0.15, 0.2) is 12.1 Å². The summed E-state index contributed by atoms with van der Waals surface area (Å²) in [7, 11) is 3.98. The van der Waals surface area contributed by atoms with Gasteiger partial charge in [0, 0.05) is 18.8 Å². The molecule has 0 spiro atoms. The topological polar surface area (TPSA) is 24.5 Å². The Morgan fingerprint density at radius 2 is 2.22 bits per heavy atom. The summed E-state index contributed by atoms with van der Waals surface area (Å²) in [5.41, 5.74) is 4.12. The maximum absolute atomic E-state index is 5.42. The molecule has 0 bridgehead atoms. The second kappa shape index (κ2) is 4.47. The molecule has 1 N–H and O–H groups in total. The minimum Gasteiger partial charge on any atom is -0.497 e. The zero-order valence-electron chi connectivity index (χ0n) is 11.5. The zero-order chi connectivity index (χ0) is 12.7. The van der Waals surface area contributed by atoms with E-state index in [1.54, 1.807) is 7.11 Å². The first-order chi connectivity index (χ1) is 8.69. The third-order valence-electron chi connectivity index (χ3n) is 4.45. The van der Waals surface area contributed by atoms with Crippen molar-refractivity contribution in [1.29, 1.82) is 0 Å². The highest BCUT2D eigenvalue weighted by atomic mass is 16.5. The number of hydrogen-bond donors (Lipinski definition) is 1. The summed E-state index contributed by atoms with van der Waals surface area (Å²) in [6.07, 6.45) is 1.27. The minimum absolute atomic E-state index is 0.700. The molecule has 0 aliphatic carbocycles. The van der Waals surface area contributed by atoms with E-state index in [9.17, 15) is 0 Å². The number of nitrogens with zero attached hydrogens (tertiary/aromatic N) is 1. The van der Waals surface area contributed by atoms with E-state index in [-0.39, 0.29) is 0 Å². The van der Waals surface area contributed by atoms with Crippen LogP contribution in [0.4, 0.5) is 5.69 Å². The van der Waals surface area contributed by atoms with E-state index in [0.29, 0.717) is 5.92 Å². The number of ether oxygens (including phenoxy) is 1. The molecule has 1 saturated heterocycles. The Kier molecular flexibility index (Phi) is 2.94. The lowest BCUT2D eigenvalue weighted by molar-refractivity contribution is 0.187. The average Bonchev–Trinajstić information content (AvgIpc) is 2.37. The van der Waals surface area contributed by atoms with Gasteiger partial charge in [0.1, 0.15) is 5.75 Å². The van der Waals surface area contributed by atoms with Crippen LogP contribution >= 0.6 is 0 Å². The quantitative estimate of drug-likeness (QED) is 0.824. The molecule has 0 radical (unpaired) electrons. The fraction of sp³-hybridized carbons (Fsp3) is 0.600. The van der Waals surface area contributed by atoms with Crippen molar-refractivity contribution in [2.45, 2.75) is 19.3 Å². The first kappa shape index (κ1) is 11.8. The van der Waals surface area contributed by atoms with Crippen LogP contribution in [-0.2, 0) is 0 Å². The second-order valence-corrected chi connectivity index (χ2v) is 5.71. The van der Waals surface area contributed by atoms with Crippen molar-refractivity contribution in [3.05, 3.63) is 23.3 Å². The lowest BCUT2D eigenvalue weighted by atomic mass is 9.77. The fourth-order valence-electron chi connectivity index (χ4n) is 3.50. The summed E-state index contributed by atoms with van der Waals surface area (Å²) in [6, 6.07) is 4.36. The molecule has 2 unspecified atom stereocenters. The highest BCUT2D eigenvalue weighted by molar-refractivity contribution is 5.63. The van der Waals surface area contributed by atoms with Crippen LogP contribution in [0.1, 0.15) is 23.5 Å². The Morgan fingerprint density at radius 1 is 1.39 bits per heavy atom. The summed E-state index contributed by atoms with van der Waals surface area (Å²) < 4.78 is 5.42. The van der Waals surface area contributed by atoms with Gasteiger partial charge in [-0.25, -0.2) is 0 Å². The predicted molar refractivity (Wildman–Crippen MR) is 74.6 cm³/mol. The molecule has 18 heavy (non-hydrogen) atoms. The molecule has 1 aromatic rings. The summed E-state index contributed by atoms with van der Waals surface area (Å²) in [6.45, 7) is 5.68. The molecule has 3 nitrogen and oxygen atoms in total. The number of benzene rings is 1. The van der Waals surface area contributed by atoms with Crippen LogP contribution in [-0.4, -0.2) is 38.7 Å². The molecule has 2 atom stereocenters. The molecule has 2 heterocycles. The van der Waals surface area contributed by atoms with E-state index in [1.807, 2.05) is 0 Å². The number of likely N-dealkylation sites (tertiary alicyclic amines) is 1. The first-order valence-corrected chi connectivity index (χ1v) is 6.80. The van der Waals surface area contributed by atoms with Crippen molar-refractivity contribution in [1.82, 2.24) is 4.90 Å². The Hall–Kier alpha value is -1.22. The molecular formula is C15H22N2O. The van der Waals surface area contributed by atoms with Gasteiger partial charge in [0.2, 0.25) is 0 Å². The highest BCUT2D eigenvalue weighted by Crippen LogP contribution is 2.43. The van der Waals surface area contributed by atoms with Gasteiger partial charge in [-0.3, -0.25) is 0 Å². The summed E-state index contributed by atoms with van der Waals surface area (Å²) in [5.74, 6) is 2.43. The smallest absolute Gasteiger partial charge is 0.119 e. The van der Waals surface area contributed by atoms with Gasteiger partial charge in [-0.2, -0.15) is 0 Å². The van der Waals surface area contributed by atoms with Crippen LogP contribution in [0.3, 0.4) is 0 Å². The lowest BCUT2D eigenvalue weighted by Gasteiger charge is -2.42. The molecular weight excluding hydrogens is 224 g/mol. The number of rotatable bonds is 1. The van der Waals surface area contributed by atoms with Crippen LogP contribution in [0, 0.1) is 12.8 Å². The average molecular weight is 246 g/mol. The van der Waals surface area contributed by atoms with Gasteiger partial charge in [0.05, 0.1) is 7.11 Å². The third kappa shape index (κ3) is 1.87. The van der Waals surface area contributed by atoms with E-state index in [0.717, 1.165) is 18.2 Å². The van der Waals surface area contributed by atoms with Gasteiger partial charge < -0.3 is 15.0 Å². The molecule has 0 aromatic heterocycles. The van der Waals surface area contributed by atoms with Gasteiger partial charge >= 0.3 is 0 Å². The van der Waals surface area contributed by atoms with Gasteiger partial charge in [0.15, 0.2) is 0 Å². The fourth-order valence-corrected chi connectivity index (χ4v) is 3.50. The molecule has 1 fully saturated rings. The Balaban J connectivity index is 2.00. The normalized spacial score (nSPS) is 27.1. The second-order valence-electron chi connectivity index (χ2n) is 5.71. The molecule has 0 saturated carbocycles. The minimum atomic E-state index is 0.700. The van der Waals surface area contributed by atoms with E-state index in [2.05, 4.69) is 36.3 Å². The zero-order valence-corrected chi connectivity index (χ0v) is 11.5. The van der Waals surface area contributed by atoms with E-state index in [1.165, 1.54) is 36.3 Å². The van der Waals surface area contributed by atoms with E-state index < -0.39 is 0 Å². The standard InChI is InChI=1S/C15H22N2O/c1-10-6-12(18-3)7-14-13-4-5-17(2)9-11(13)8-16-15(10)14/h6-7,11,13,16H,4-5,8-9H2,1-3H3. The number of fused-ring (bicyclic) bond motifs is 3. The molecule has 0 amide bonds. The number of anilines is 1. The Morgan fingerprint density at radius 3 is 3.00 bits per heavy atom. The molecule has 3 heteroatoms. The molecule has 3 rings (SSSR count). The van der Waals surface area contributed by atoms with Gasteiger partial charge in [-0.05, 0) is 62.0 Å². The van der Waals surface area contributed by atoms with Gasteiger partial charge in [-0.1, -0.05) is 0 Å². The van der Waals surface area contributed by atoms with E-state index in [4.69, 9.17) is 4.74 Å². The summed E-state index contributed by atoms with van der Waals surface area (Å²) in [4.78, 5) is 2.45. The van der Waals surface area contributed by atoms with Crippen LogP contribution in [0.5, 0.6) is 5.75 Å². The number of methoxy groups -OCH3 is 1. The van der Waals surface area contributed by atoms with Crippen molar-refractivity contribution in [2.75, 3.05) is 39.1 Å². The first-order valence-electron chi connectivity index (χ1n) is 6.80. The van der Waals surface area contributed by atoms with Crippen molar-refractivity contribution >= 4 is 5.69 Å². The summed E-state index contributed by atoms with van der Waals surface area (Å²) >= 11 is 0. The monoisotopic (exact) mass is 246 g/mol. The van der Waals surface area contributed by atoms with Crippen molar-refractivity contribution in [3.8, 4) is 5.75 Å². The van der Waals surface area contributed by atoms with Crippen LogP contribution in [0.25, 0.3) is 0 Å². The molecule has 1 aromatic carbocycles. The number of nitrogens with one attached hydrogen (secondary N) is 1. The third-order valence-corrected chi connectivity index (χ3v) is 4.45. The lowest BCUT2D eigenvalue weighted by Crippen LogP contribution is -2.42. The number of piperidine rings is 1. The molecule has 98 valence electrons. The van der Waals surface area contributed by atoms with Crippen molar-refractivity contribution in [3.63, 3.8) is 0 Å². The summed E-state index contributed by atoms with van der Waals surface area (Å²) in [5, 5.41) is 3.62. The Labute approximate surface area is 109 Å². The highest BCUT2D eigenvalue weighted by Gasteiger charge is 2.34. The predicted octanol–water partition coefficient (Wildman–Crippen LogP) is 2.46. The number of aryl methyl sites for hydroxylation is 1. The molecule has 2 aliphatic heterocycles. The maximum Gasteiger partial charge on any atom is 0.119 e. The van der Waals surface area contributed by atoms with E-state index >= 15 is 0 Å². The van der Waals surface area contributed by atoms with Crippen LogP contribution < -0.4 is 10.1 Å². The maximum atomic E-state index is 5.42. The number of hydrogen-bond acceptors (Lipinski definition) is 3. The molecule has 2 aliphatic rings. The van der Waals surface area contributed by atoms with Crippen molar-refractivity contribution in [2.24, 2.45) is 5.92 Å². The largest absolute Gasteiger partial charge is 0.497 e.